The summed E-state index contributed by atoms with van der Waals surface area (Å²) in [7, 11) is 0. The van der Waals surface area contributed by atoms with Crippen molar-refractivity contribution in [2.45, 2.75) is 19.3 Å². The summed E-state index contributed by atoms with van der Waals surface area (Å²) in [6.45, 7) is 3.52. The first-order valence-corrected chi connectivity index (χ1v) is 12.3. The molecule has 0 unspecified atom stereocenters. The minimum absolute atomic E-state index is 0.0136. The van der Waals surface area contributed by atoms with Gasteiger partial charge in [0.05, 0.1) is 5.56 Å². The summed E-state index contributed by atoms with van der Waals surface area (Å²) in [4.78, 5) is 16.1. The molecule has 1 fully saturated rings. The quantitative estimate of drug-likeness (QED) is 0.224. The molecule has 5 rings (SSSR count). The molecule has 4 nitrogen and oxygen atoms in total. The van der Waals surface area contributed by atoms with Gasteiger partial charge in [0.2, 0.25) is 0 Å². The number of phenolic OH excluding ortho intramolecular Hbond substituents is 1. The number of fused-ring (bicyclic) bond motifs is 1. The third kappa shape index (κ3) is 5.18. The average molecular weight is 506 g/mol. The molecule has 0 spiro atoms. The number of hydrogen-bond donors (Lipinski definition) is 1. The van der Waals surface area contributed by atoms with Crippen molar-refractivity contribution in [2.24, 2.45) is 0 Å². The molecule has 37 heavy (non-hydrogen) atoms. The van der Waals surface area contributed by atoms with Gasteiger partial charge in [0.15, 0.2) is 17.4 Å². The number of nitrogens with zero attached hydrogens (tertiary/aromatic N) is 1. The predicted molar refractivity (Wildman–Crippen MR) is 137 cm³/mol. The molecule has 0 radical (unpaired) electrons. The maximum absolute atomic E-state index is 14.8. The van der Waals surface area contributed by atoms with E-state index in [2.05, 4.69) is 4.90 Å². The number of benzene rings is 4. The van der Waals surface area contributed by atoms with E-state index in [4.69, 9.17) is 4.74 Å². The van der Waals surface area contributed by atoms with Crippen LogP contribution in [0.2, 0.25) is 0 Å². The smallest absolute Gasteiger partial charge is 0.194 e. The van der Waals surface area contributed by atoms with Crippen LogP contribution in [0.15, 0.2) is 66.7 Å². The number of rotatable bonds is 7. The van der Waals surface area contributed by atoms with Crippen molar-refractivity contribution in [3.8, 4) is 22.6 Å². The Hall–Kier alpha value is -3.84. The van der Waals surface area contributed by atoms with Gasteiger partial charge in [-0.15, -0.1) is 0 Å². The second-order valence-electron chi connectivity index (χ2n) is 9.22. The van der Waals surface area contributed by atoms with Crippen LogP contribution < -0.4 is 4.74 Å². The molecule has 1 heterocycles. The lowest BCUT2D eigenvalue weighted by atomic mass is 9.89. The Morgan fingerprint density at radius 3 is 2.35 bits per heavy atom. The lowest BCUT2D eigenvalue weighted by Crippen LogP contribution is -2.33. The largest absolute Gasteiger partial charge is 0.508 e. The highest BCUT2D eigenvalue weighted by Crippen LogP contribution is 2.37. The third-order valence-electron chi connectivity index (χ3n) is 6.79. The van der Waals surface area contributed by atoms with E-state index in [9.17, 15) is 23.1 Å². The fourth-order valence-electron chi connectivity index (χ4n) is 4.87. The van der Waals surface area contributed by atoms with E-state index in [0.717, 1.165) is 25.7 Å². The van der Waals surface area contributed by atoms with Gasteiger partial charge in [-0.1, -0.05) is 18.6 Å². The summed E-state index contributed by atoms with van der Waals surface area (Å²) in [5, 5.41) is 10.8. The van der Waals surface area contributed by atoms with Gasteiger partial charge < -0.3 is 9.84 Å². The molecule has 1 N–H and O–H groups in total. The van der Waals surface area contributed by atoms with Crippen LogP contribution in [-0.4, -0.2) is 42.0 Å². The van der Waals surface area contributed by atoms with Gasteiger partial charge >= 0.3 is 0 Å². The van der Waals surface area contributed by atoms with Crippen molar-refractivity contribution in [3.05, 3.63) is 95.3 Å². The topological polar surface area (TPSA) is 49.8 Å². The number of halogens is 3. The number of phenols is 1. The highest BCUT2D eigenvalue weighted by atomic mass is 19.2. The van der Waals surface area contributed by atoms with Gasteiger partial charge in [0, 0.05) is 17.7 Å². The Labute approximate surface area is 212 Å². The summed E-state index contributed by atoms with van der Waals surface area (Å²) < 4.78 is 49.4. The SMILES string of the molecule is O=C(c1ccc(OCCN2CCCCC2)cc1)c1c(-c2c(F)ccc(F)c2F)ccc2cc(O)ccc12. The zero-order valence-corrected chi connectivity index (χ0v) is 20.1. The van der Waals surface area contributed by atoms with Gasteiger partial charge in [-0.3, -0.25) is 9.69 Å². The summed E-state index contributed by atoms with van der Waals surface area (Å²) in [5.41, 5.74) is -0.391. The molecule has 4 aromatic carbocycles. The molecule has 0 saturated carbocycles. The zero-order chi connectivity index (χ0) is 25.9. The van der Waals surface area contributed by atoms with Gasteiger partial charge in [-0.05, 0) is 96.9 Å². The highest BCUT2D eigenvalue weighted by molar-refractivity contribution is 6.20. The van der Waals surface area contributed by atoms with Gasteiger partial charge in [0.1, 0.15) is 23.9 Å². The normalized spacial score (nSPS) is 14.1. The van der Waals surface area contributed by atoms with Crippen molar-refractivity contribution in [3.63, 3.8) is 0 Å². The molecule has 190 valence electrons. The molecular formula is C30H26F3NO3. The number of piperidine rings is 1. The molecule has 1 saturated heterocycles. The molecule has 1 aliphatic heterocycles. The molecule has 0 amide bonds. The van der Waals surface area contributed by atoms with E-state index in [-0.39, 0.29) is 22.4 Å². The molecule has 4 aromatic rings. The second kappa shape index (κ2) is 10.6. The Kier molecular flexibility index (Phi) is 7.15. The molecule has 0 bridgehead atoms. The standard InChI is InChI=1S/C30H26F3NO3/c31-25-12-13-26(32)29(33)28(25)24-10-6-20-18-21(35)7-11-23(20)27(24)30(36)19-4-8-22(9-5-19)37-17-16-34-14-2-1-3-15-34/h4-13,18,35H,1-3,14-17H2. The second-order valence-corrected chi connectivity index (χ2v) is 9.22. The van der Waals surface area contributed by atoms with Crippen molar-refractivity contribution in [2.75, 3.05) is 26.2 Å². The maximum atomic E-state index is 14.8. The van der Waals surface area contributed by atoms with E-state index in [1.54, 1.807) is 24.3 Å². The van der Waals surface area contributed by atoms with Gasteiger partial charge in [-0.25, -0.2) is 13.2 Å². The first-order valence-electron chi connectivity index (χ1n) is 12.3. The van der Waals surface area contributed by atoms with Crippen LogP contribution in [0.25, 0.3) is 21.9 Å². The van der Waals surface area contributed by atoms with Gasteiger partial charge in [-0.2, -0.15) is 0 Å². The summed E-state index contributed by atoms with van der Waals surface area (Å²) in [5.74, 6) is -3.47. The Morgan fingerprint density at radius 1 is 0.865 bits per heavy atom. The number of hydrogen-bond acceptors (Lipinski definition) is 4. The highest BCUT2D eigenvalue weighted by Gasteiger charge is 2.24. The maximum Gasteiger partial charge on any atom is 0.194 e. The number of likely N-dealkylation sites (tertiary alicyclic amines) is 1. The summed E-state index contributed by atoms with van der Waals surface area (Å²) >= 11 is 0. The van der Waals surface area contributed by atoms with E-state index >= 15 is 0 Å². The average Bonchev–Trinajstić information content (AvgIpc) is 2.91. The fourth-order valence-corrected chi connectivity index (χ4v) is 4.87. The van der Waals surface area contributed by atoms with E-state index < -0.39 is 28.8 Å². The first kappa shape index (κ1) is 24.8. The van der Waals surface area contributed by atoms with Crippen molar-refractivity contribution < 1.29 is 27.8 Å². The molecule has 7 heteroatoms. The molecule has 0 aliphatic carbocycles. The van der Waals surface area contributed by atoms with E-state index in [1.807, 2.05) is 0 Å². The van der Waals surface area contributed by atoms with Gasteiger partial charge in [0.25, 0.3) is 0 Å². The minimum atomic E-state index is -1.37. The first-order chi connectivity index (χ1) is 17.9. The lowest BCUT2D eigenvalue weighted by molar-refractivity contribution is 0.104. The Balaban J connectivity index is 1.48. The molecule has 0 aromatic heterocycles. The van der Waals surface area contributed by atoms with Crippen LogP contribution in [0.1, 0.15) is 35.2 Å². The summed E-state index contributed by atoms with van der Waals surface area (Å²) in [6.07, 6.45) is 3.68. The zero-order valence-electron chi connectivity index (χ0n) is 20.1. The Morgan fingerprint density at radius 2 is 1.59 bits per heavy atom. The summed E-state index contributed by atoms with van der Waals surface area (Å²) in [6, 6.07) is 15.4. The molecular weight excluding hydrogens is 479 g/mol. The van der Waals surface area contributed by atoms with Crippen molar-refractivity contribution in [1.82, 2.24) is 4.90 Å². The van der Waals surface area contributed by atoms with Crippen LogP contribution in [0, 0.1) is 17.5 Å². The van der Waals surface area contributed by atoms with E-state index in [0.29, 0.717) is 29.2 Å². The number of aromatic hydroxyl groups is 1. The van der Waals surface area contributed by atoms with Crippen LogP contribution in [0.4, 0.5) is 13.2 Å². The van der Waals surface area contributed by atoms with Crippen LogP contribution in [0.5, 0.6) is 11.5 Å². The number of ketones is 1. The monoisotopic (exact) mass is 505 g/mol. The van der Waals surface area contributed by atoms with Crippen molar-refractivity contribution in [1.29, 1.82) is 0 Å². The number of carbonyl (C=O) groups excluding carboxylic acids is 1. The number of carbonyl (C=O) groups is 1. The lowest BCUT2D eigenvalue weighted by Gasteiger charge is -2.26. The Bertz CT molecular complexity index is 1450. The van der Waals surface area contributed by atoms with Crippen molar-refractivity contribution >= 4 is 16.6 Å². The van der Waals surface area contributed by atoms with E-state index in [1.165, 1.54) is 49.6 Å². The van der Waals surface area contributed by atoms with Crippen LogP contribution in [-0.2, 0) is 0 Å². The third-order valence-corrected chi connectivity index (χ3v) is 6.79. The number of ether oxygens (including phenoxy) is 1. The van der Waals surface area contributed by atoms with Crippen LogP contribution >= 0.6 is 0 Å². The molecule has 0 atom stereocenters. The predicted octanol–water partition coefficient (Wildman–Crippen LogP) is 6.73. The fraction of sp³-hybridized carbons (Fsp3) is 0.233. The van der Waals surface area contributed by atoms with Crippen LogP contribution in [0.3, 0.4) is 0 Å². The minimum Gasteiger partial charge on any atom is -0.508 e. The molecule has 1 aliphatic rings.